The largest absolute Gasteiger partial charge is 0.379 e. The summed E-state index contributed by atoms with van der Waals surface area (Å²) in [6.07, 6.45) is 2.31. The summed E-state index contributed by atoms with van der Waals surface area (Å²) in [7, 11) is 1.66. The lowest BCUT2D eigenvalue weighted by molar-refractivity contribution is -0.126. The van der Waals surface area contributed by atoms with Gasteiger partial charge in [0.1, 0.15) is 11.6 Å². The second-order valence-electron chi connectivity index (χ2n) is 6.47. The van der Waals surface area contributed by atoms with E-state index in [1.165, 1.54) is 4.90 Å². The molecule has 0 bridgehead atoms. The molecule has 1 amide bonds. The SMILES string of the molecule is CCC(C)C(=O)CCOCC(COCCC(=O)C(C)C)N(C)C=O. The average Bonchev–Trinajstić information content (AvgIpc) is 2.57. The van der Waals surface area contributed by atoms with E-state index in [0.29, 0.717) is 39.3 Å². The van der Waals surface area contributed by atoms with E-state index in [2.05, 4.69) is 0 Å². The second kappa shape index (κ2) is 13.1. The maximum Gasteiger partial charge on any atom is 0.209 e. The Morgan fingerprint density at radius 3 is 1.92 bits per heavy atom. The van der Waals surface area contributed by atoms with Crippen molar-refractivity contribution in [2.75, 3.05) is 33.5 Å². The van der Waals surface area contributed by atoms with Crippen molar-refractivity contribution in [1.29, 1.82) is 0 Å². The Morgan fingerprint density at radius 1 is 1.00 bits per heavy atom. The van der Waals surface area contributed by atoms with Gasteiger partial charge in [-0.3, -0.25) is 14.4 Å². The molecule has 140 valence electrons. The minimum Gasteiger partial charge on any atom is -0.379 e. The van der Waals surface area contributed by atoms with E-state index in [1.807, 2.05) is 27.7 Å². The Morgan fingerprint density at radius 2 is 1.50 bits per heavy atom. The molecule has 0 saturated heterocycles. The summed E-state index contributed by atoms with van der Waals surface area (Å²) in [5, 5.41) is 0. The molecule has 6 heteroatoms. The molecule has 24 heavy (non-hydrogen) atoms. The standard InChI is InChI=1S/C18H33NO5/c1-6-15(4)18(22)8-10-24-12-16(19(5)13-20)11-23-9-7-17(21)14(2)3/h13-16H,6-12H2,1-5H3. The summed E-state index contributed by atoms with van der Waals surface area (Å²) in [6.45, 7) is 8.92. The molecule has 0 aliphatic carbocycles. The van der Waals surface area contributed by atoms with Gasteiger partial charge in [-0.1, -0.05) is 27.7 Å². The van der Waals surface area contributed by atoms with Crippen LogP contribution >= 0.6 is 0 Å². The van der Waals surface area contributed by atoms with Crippen LogP contribution < -0.4 is 0 Å². The highest BCUT2D eigenvalue weighted by atomic mass is 16.5. The first-order valence-electron chi connectivity index (χ1n) is 8.71. The molecule has 0 rings (SSSR count). The molecule has 0 aliphatic rings. The lowest BCUT2D eigenvalue weighted by Gasteiger charge is -2.24. The number of carbonyl (C=O) groups excluding carboxylic acids is 3. The molecule has 0 aliphatic heterocycles. The molecule has 0 aromatic rings. The van der Waals surface area contributed by atoms with Gasteiger partial charge in [-0.2, -0.15) is 0 Å². The van der Waals surface area contributed by atoms with Crippen molar-refractivity contribution in [2.45, 2.75) is 53.0 Å². The predicted octanol–water partition coefficient (Wildman–Crippen LogP) is 2.10. The number of hydrogen-bond acceptors (Lipinski definition) is 5. The number of carbonyl (C=O) groups is 3. The summed E-state index contributed by atoms with van der Waals surface area (Å²) in [6, 6.07) is -0.227. The highest BCUT2D eigenvalue weighted by Crippen LogP contribution is 2.06. The predicted molar refractivity (Wildman–Crippen MR) is 92.8 cm³/mol. The molecule has 0 fully saturated rings. The molecule has 0 heterocycles. The van der Waals surface area contributed by atoms with Crippen LogP contribution in [0.2, 0.25) is 0 Å². The van der Waals surface area contributed by atoms with Crippen molar-refractivity contribution in [3.63, 3.8) is 0 Å². The fourth-order valence-electron chi connectivity index (χ4n) is 1.92. The smallest absolute Gasteiger partial charge is 0.209 e. The molecule has 0 saturated carbocycles. The molecule has 2 unspecified atom stereocenters. The van der Waals surface area contributed by atoms with Crippen molar-refractivity contribution >= 4 is 18.0 Å². The van der Waals surface area contributed by atoms with Gasteiger partial charge in [0, 0.05) is 31.7 Å². The first-order valence-corrected chi connectivity index (χ1v) is 8.71. The second-order valence-corrected chi connectivity index (χ2v) is 6.47. The van der Waals surface area contributed by atoms with E-state index in [-0.39, 0.29) is 29.4 Å². The van der Waals surface area contributed by atoms with E-state index in [0.717, 1.165) is 12.8 Å². The van der Waals surface area contributed by atoms with Crippen molar-refractivity contribution < 1.29 is 23.9 Å². The van der Waals surface area contributed by atoms with E-state index in [1.54, 1.807) is 7.05 Å². The van der Waals surface area contributed by atoms with Crippen LogP contribution in [0.5, 0.6) is 0 Å². The quantitative estimate of drug-likeness (QED) is 0.336. The molecule has 0 aromatic heterocycles. The molecular formula is C18H33NO5. The lowest BCUT2D eigenvalue weighted by Crippen LogP contribution is -2.39. The summed E-state index contributed by atoms with van der Waals surface area (Å²) in [5.41, 5.74) is 0. The van der Waals surface area contributed by atoms with Gasteiger partial charge >= 0.3 is 0 Å². The topological polar surface area (TPSA) is 72.9 Å². The fourth-order valence-corrected chi connectivity index (χ4v) is 1.92. The monoisotopic (exact) mass is 343 g/mol. The van der Waals surface area contributed by atoms with Crippen LogP contribution in [-0.2, 0) is 23.9 Å². The van der Waals surface area contributed by atoms with Crippen LogP contribution in [0.15, 0.2) is 0 Å². The van der Waals surface area contributed by atoms with Crippen LogP contribution in [0.1, 0.15) is 47.0 Å². The highest BCUT2D eigenvalue weighted by molar-refractivity contribution is 5.80. The number of likely N-dealkylation sites (N-methyl/N-ethyl adjacent to an activating group) is 1. The minimum absolute atomic E-state index is 0.00780. The van der Waals surface area contributed by atoms with Crippen molar-refractivity contribution in [1.82, 2.24) is 4.90 Å². The van der Waals surface area contributed by atoms with E-state index in [4.69, 9.17) is 9.47 Å². The summed E-state index contributed by atoms with van der Waals surface area (Å²) < 4.78 is 11.0. The molecule has 6 nitrogen and oxygen atoms in total. The maximum absolute atomic E-state index is 11.7. The lowest BCUT2D eigenvalue weighted by atomic mass is 10.0. The molecule has 0 aromatic carbocycles. The normalized spacial score (nSPS) is 13.6. The zero-order valence-corrected chi connectivity index (χ0v) is 15.7. The molecular weight excluding hydrogens is 310 g/mol. The van der Waals surface area contributed by atoms with E-state index >= 15 is 0 Å². The molecule has 0 radical (unpaired) electrons. The van der Waals surface area contributed by atoms with Gasteiger partial charge in [0.2, 0.25) is 6.41 Å². The Hall–Kier alpha value is -1.27. The number of ketones is 2. The third-order valence-corrected chi connectivity index (χ3v) is 4.15. The molecule has 0 spiro atoms. The number of amides is 1. The highest BCUT2D eigenvalue weighted by Gasteiger charge is 2.16. The first-order chi connectivity index (χ1) is 11.3. The van der Waals surface area contributed by atoms with Gasteiger partial charge in [0.05, 0.1) is 32.5 Å². The van der Waals surface area contributed by atoms with Gasteiger partial charge < -0.3 is 14.4 Å². The van der Waals surface area contributed by atoms with Gasteiger partial charge in [-0.25, -0.2) is 0 Å². The summed E-state index contributed by atoms with van der Waals surface area (Å²) in [4.78, 5) is 35.7. The molecule has 2 atom stereocenters. The van der Waals surface area contributed by atoms with Gasteiger partial charge in [-0.15, -0.1) is 0 Å². The first kappa shape index (κ1) is 22.7. The van der Waals surface area contributed by atoms with Crippen LogP contribution in [0.4, 0.5) is 0 Å². The zero-order valence-electron chi connectivity index (χ0n) is 15.7. The number of hydrogen-bond donors (Lipinski definition) is 0. The van der Waals surface area contributed by atoms with Gasteiger partial charge in [0.25, 0.3) is 0 Å². The van der Waals surface area contributed by atoms with Crippen molar-refractivity contribution in [3.05, 3.63) is 0 Å². The third kappa shape index (κ3) is 9.78. The van der Waals surface area contributed by atoms with E-state index in [9.17, 15) is 14.4 Å². The number of Topliss-reactive ketones (excluding diaryl/α,β-unsaturated/α-hetero) is 2. The van der Waals surface area contributed by atoms with Gasteiger partial charge in [-0.05, 0) is 6.42 Å². The minimum atomic E-state index is -0.227. The zero-order chi connectivity index (χ0) is 18.5. The van der Waals surface area contributed by atoms with E-state index < -0.39 is 0 Å². The summed E-state index contributed by atoms with van der Waals surface area (Å²) in [5.74, 6) is 0.425. The molecule has 0 N–H and O–H groups in total. The number of nitrogens with zero attached hydrogens (tertiary/aromatic N) is 1. The fraction of sp³-hybridized carbons (Fsp3) is 0.833. The van der Waals surface area contributed by atoms with Gasteiger partial charge in [0.15, 0.2) is 0 Å². The third-order valence-electron chi connectivity index (χ3n) is 4.15. The number of ether oxygens (including phenoxy) is 2. The Balaban J connectivity index is 4.08. The van der Waals surface area contributed by atoms with Crippen LogP contribution in [0, 0.1) is 11.8 Å². The van der Waals surface area contributed by atoms with Crippen LogP contribution in [0.25, 0.3) is 0 Å². The summed E-state index contributed by atoms with van der Waals surface area (Å²) >= 11 is 0. The maximum atomic E-state index is 11.7. The Labute approximate surface area is 145 Å². The van der Waals surface area contributed by atoms with Crippen molar-refractivity contribution in [2.24, 2.45) is 11.8 Å². The number of rotatable bonds is 15. The van der Waals surface area contributed by atoms with Crippen molar-refractivity contribution in [3.8, 4) is 0 Å². The van der Waals surface area contributed by atoms with Crippen LogP contribution in [0.3, 0.4) is 0 Å². The Bertz CT molecular complexity index is 384. The van der Waals surface area contributed by atoms with Crippen LogP contribution in [-0.4, -0.2) is 62.4 Å². The Kier molecular flexibility index (Phi) is 12.4. The average molecular weight is 343 g/mol.